The van der Waals surface area contributed by atoms with Gasteiger partial charge in [0.05, 0.1) is 11.7 Å². The highest BCUT2D eigenvalue weighted by atomic mass is 32.1. The molecular formula is C12H16N2O4S. The molecule has 1 aliphatic heterocycles. The van der Waals surface area contributed by atoms with E-state index in [0.29, 0.717) is 11.6 Å². The molecule has 1 fully saturated rings. The molecule has 2 atom stereocenters. The summed E-state index contributed by atoms with van der Waals surface area (Å²) in [5.41, 5.74) is 0.112. The Bertz CT molecular complexity index is 474. The number of carboxylic acid groups (broad SMARTS) is 1. The minimum absolute atomic E-state index is 0.0667. The van der Waals surface area contributed by atoms with Gasteiger partial charge in [-0.05, 0) is 31.2 Å². The van der Waals surface area contributed by atoms with Crippen LogP contribution < -0.4 is 10.6 Å². The smallest absolute Gasteiger partial charge is 0.338 e. The second-order valence-electron chi connectivity index (χ2n) is 4.47. The number of carbonyl (C=O) groups is 2. The number of hydrogen-bond acceptors (Lipinski definition) is 4. The first kappa shape index (κ1) is 13.8. The van der Waals surface area contributed by atoms with Crippen LogP contribution in [-0.2, 0) is 4.74 Å². The Balaban J connectivity index is 1.90. The summed E-state index contributed by atoms with van der Waals surface area (Å²) in [6, 6.07) is 1.17. The number of nitrogens with one attached hydrogen (secondary N) is 2. The van der Waals surface area contributed by atoms with E-state index in [4.69, 9.17) is 9.84 Å². The molecule has 0 bridgehead atoms. The van der Waals surface area contributed by atoms with Crippen LogP contribution in [0.3, 0.4) is 0 Å². The summed E-state index contributed by atoms with van der Waals surface area (Å²) in [6.07, 6.45) is 1.67. The summed E-state index contributed by atoms with van der Waals surface area (Å²) in [5.74, 6) is -1.05. The predicted octanol–water partition coefficient (Wildman–Crippen LogP) is 2.14. The van der Waals surface area contributed by atoms with Crippen molar-refractivity contribution < 1.29 is 19.4 Å². The Hall–Kier alpha value is -1.60. The van der Waals surface area contributed by atoms with Crippen molar-refractivity contribution in [1.29, 1.82) is 0 Å². The van der Waals surface area contributed by atoms with Gasteiger partial charge in [0.25, 0.3) is 0 Å². The Morgan fingerprint density at radius 2 is 2.32 bits per heavy atom. The molecule has 104 valence electrons. The van der Waals surface area contributed by atoms with Crippen molar-refractivity contribution in [2.75, 3.05) is 11.9 Å². The average molecular weight is 284 g/mol. The highest BCUT2D eigenvalue weighted by Gasteiger charge is 2.21. The molecule has 0 aromatic carbocycles. The van der Waals surface area contributed by atoms with Crippen LogP contribution in [0.1, 0.15) is 30.1 Å². The molecular weight excluding hydrogens is 268 g/mol. The van der Waals surface area contributed by atoms with Gasteiger partial charge in [0.2, 0.25) is 0 Å². The molecule has 2 unspecified atom stereocenters. The number of carboxylic acids is 1. The molecule has 1 aromatic rings. The lowest BCUT2D eigenvalue weighted by Gasteiger charge is -2.27. The molecule has 2 amide bonds. The molecule has 0 saturated carbocycles. The SMILES string of the molecule is CC1CC(NC(=O)Nc2sccc2C(=O)O)CCO1. The van der Waals surface area contributed by atoms with Crippen LogP contribution in [-0.4, -0.2) is 35.9 Å². The van der Waals surface area contributed by atoms with Gasteiger partial charge < -0.3 is 15.2 Å². The summed E-state index contributed by atoms with van der Waals surface area (Å²) in [5, 5.41) is 16.3. The van der Waals surface area contributed by atoms with Crippen LogP contribution in [0.25, 0.3) is 0 Å². The third kappa shape index (κ3) is 3.68. The van der Waals surface area contributed by atoms with Gasteiger partial charge in [-0.1, -0.05) is 0 Å². The fourth-order valence-electron chi connectivity index (χ4n) is 2.03. The summed E-state index contributed by atoms with van der Waals surface area (Å²) in [7, 11) is 0. The van der Waals surface area contributed by atoms with Crippen molar-refractivity contribution >= 4 is 28.3 Å². The van der Waals surface area contributed by atoms with E-state index in [1.54, 1.807) is 5.38 Å². The number of urea groups is 1. The maximum Gasteiger partial charge on any atom is 0.338 e. The van der Waals surface area contributed by atoms with Crippen molar-refractivity contribution in [2.24, 2.45) is 0 Å². The van der Waals surface area contributed by atoms with Crippen LogP contribution in [0.2, 0.25) is 0 Å². The van der Waals surface area contributed by atoms with Gasteiger partial charge in [0, 0.05) is 12.6 Å². The Kier molecular flexibility index (Phi) is 4.39. The zero-order valence-corrected chi connectivity index (χ0v) is 11.3. The van der Waals surface area contributed by atoms with E-state index in [9.17, 15) is 9.59 Å². The van der Waals surface area contributed by atoms with Crippen molar-refractivity contribution in [3.8, 4) is 0 Å². The topological polar surface area (TPSA) is 87.7 Å². The molecule has 0 spiro atoms. The molecule has 2 heterocycles. The van der Waals surface area contributed by atoms with Crippen molar-refractivity contribution in [1.82, 2.24) is 5.32 Å². The van der Waals surface area contributed by atoms with Gasteiger partial charge >= 0.3 is 12.0 Å². The Morgan fingerprint density at radius 1 is 1.53 bits per heavy atom. The number of amides is 2. The van der Waals surface area contributed by atoms with E-state index < -0.39 is 5.97 Å². The molecule has 7 heteroatoms. The second-order valence-corrected chi connectivity index (χ2v) is 5.39. The van der Waals surface area contributed by atoms with E-state index in [-0.39, 0.29) is 23.7 Å². The number of ether oxygens (including phenoxy) is 1. The molecule has 6 nitrogen and oxygen atoms in total. The van der Waals surface area contributed by atoms with Crippen LogP contribution in [0.15, 0.2) is 11.4 Å². The monoisotopic (exact) mass is 284 g/mol. The van der Waals surface area contributed by atoms with E-state index >= 15 is 0 Å². The third-order valence-electron chi connectivity index (χ3n) is 2.94. The van der Waals surface area contributed by atoms with E-state index in [0.717, 1.165) is 12.8 Å². The predicted molar refractivity (Wildman–Crippen MR) is 71.9 cm³/mol. The average Bonchev–Trinajstić information content (AvgIpc) is 2.76. The normalized spacial score (nSPS) is 22.8. The van der Waals surface area contributed by atoms with Crippen LogP contribution in [0.4, 0.5) is 9.80 Å². The Labute approximate surface area is 114 Å². The lowest BCUT2D eigenvalue weighted by Crippen LogP contribution is -2.43. The standard InChI is InChI=1S/C12H16N2O4S/c1-7-6-8(2-4-18-7)13-12(17)14-10-9(11(15)16)3-5-19-10/h3,5,7-8H,2,4,6H2,1H3,(H,15,16)(H2,13,14,17). The van der Waals surface area contributed by atoms with Gasteiger partial charge in [0.15, 0.2) is 0 Å². The van der Waals surface area contributed by atoms with Crippen molar-refractivity contribution in [2.45, 2.75) is 31.9 Å². The van der Waals surface area contributed by atoms with Gasteiger partial charge in [-0.3, -0.25) is 5.32 Å². The number of aromatic carboxylic acids is 1. The first-order valence-corrected chi connectivity index (χ1v) is 6.94. The molecule has 1 aliphatic rings. The van der Waals surface area contributed by atoms with E-state index in [1.165, 1.54) is 17.4 Å². The summed E-state index contributed by atoms with van der Waals surface area (Å²) < 4.78 is 5.40. The fraction of sp³-hybridized carbons (Fsp3) is 0.500. The fourth-order valence-corrected chi connectivity index (χ4v) is 2.80. The second kappa shape index (κ2) is 6.03. The summed E-state index contributed by atoms with van der Waals surface area (Å²) in [6.45, 7) is 2.60. The third-order valence-corrected chi connectivity index (χ3v) is 3.77. The van der Waals surface area contributed by atoms with Crippen molar-refractivity contribution in [3.05, 3.63) is 17.0 Å². The number of anilines is 1. The molecule has 1 saturated heterocycles. The first-order chi connectivity index (χ1) is 9.06. The van der Waals surface area contributed by atoms with Crippen LogP contribution in [0.5, 0.6) is 0 Å². The quantitative estimate of drug-likeness (QED) is 0.793. The van der Waals surface area contributed by atoms with Gasteiger partial charge in [-0.2, -0.15) is 0 Å². The molecule has 19 heavy (non-hydrogen) atoms. The minimum atomic E-state index is -1.05. The molecule has 0 radical (unpaired) electrons. The highest BCUT2D eigenvalue weighted by molar-refractivity contribution is 7.14. The maximum atomic E-state index is 11.8. The van der Waals surface area contributed by atoms with Gasteiger partial charge in [-0.15, -0.1) is 11.3 Å². The molecule has 2 rings (SSSR count). The van der Waals surface area contributed by atoms with Gasteiger partial charge in [-0.25, -0.2) is 9.59 Å². The lowest BCUT2D eigenvalue weighted by atomic mass is 10.0. The zero-order valence-electron chi connectivity index (χ0n) is 10.5. The van der Waals surface area contributed by atoms with Crippen molar-refractivity contribution in [3.63, 3.8) is 0 Å². The maximum absolute atomic E-state index is 11.8. The molecule has 1 aromatic heterocycles. The number of thiophene rings is 1. The van der Waals surface area contributed by atoms with Crippen LogP contribution in [0, 0.1) is 0 Å². The molecule has 3 N–H and O–H groups in total. The number of hydrogen-bond donors (Lipinski definition) is 3. The number of rotatable bonds is 3. The van der Waals surface area contributed by atoms with E-state index in [2.05, 4.69) is 10.6 Å². The number of carbonyl (C=O) groups excluding carboxylic acids is 1. The summed E-state index contributed by atoms with van der Waals surface area (Å²) in [4.78, 5) is 22.7. The highest BCUT2D eigenvalue weighted by Crippen LogP contribution is 2.23. The first-order valence-electron chi connectivity index (χ1n) is 6.06. The largest absolute Gasteiger partial charge is 0.478 e. The summed E-state index contributed by atoms with van der Waals surface area (Å²) >= 11 is 1.19. The van der Waals surface area contributed by atoms with E-state index in [1.807, 2.05) is 6.92 Å². The molecule has 0 aliphatic carbocycles. The minimum Gasteiger partial charge on any atom is -0.478 e. The lowest BCUT2D eigenvalue weighted by molar-refractivity contribution is 0.0157. The van der Waals surface area contributed by atoms with Gasteiger partial charge in [0.1, 0.15) is 5.00 Å². The zero-order chi connectivity index (χ0) is 13.8. The van der Waals surface area contributed by atoms with Crippen LogP contribution >= 0.6 is 11.3 Å². The Morgan fingerprint density at radius 3 is 3.00 bits per heavy atom.